The van der Waals surface area contributed by atoms with E-state index in [1.807, 2.05) is 24.3 Å². The van der Waals surface area contributed by atoms with Crippen LogP contribution in [0.5, 0.6) is 0 Å². The maximum absolute atomic E-state index is 12.3. The fourth-order valence-corrected chi connectivity index (χ4v) is 2.64. The zero-order valence-corrected chi connectivity index (χ0v) is 12.1. The molecule has 0 atom stereocenters. The van der Waals surface area contributed by atoms with E-state index in [0.717, 1.165) is 36.6 Å². The van der Waals surface area contributed by atoms with Crippen LogP contribution in [0.1, 0.15) is 23.6 Å². The van der Waals surface area contributed by atoms with Gasteiger partial charge in [0.25, 0.3) is 0 Å². The normalized spacial score (nSPS) is 13.2. The lowest BCUT2D eigenvalue weighted by atomic mass is 10.1. The van der Waals surface area contributed by atoms with Crippen molar-refractivity contribution in [2.24, 2.45) is 0 Å². The molecule has 0 spiro atoms. The number of nitrogen functional groups attached to an aromatic ring is 1. The highest BCUT2D eigenvalue weighted by Crippen LogP contribution is 2.15. The molecule has 0 bridgehead atoms. The summed E-state index contributed by atoms with van der Waals surface area (Å²) in [5.74, 6) is 1.95. The second-order valence-electron chi connectivity index (χ2n) is 5.46. The average molecular weight is 285 g/mol. The summed E-state index contributed by atoms with van der Waals surface area (Å²) in [6, 6.07) is 7.43. The largest absolute Gasteiger partial charge is 0.399 e. The number of fused-ring (bicyclic) bond motifs is 1. The van der Waals surface area contributed by atoms with Gasteiger partial charge in [-0.3, -0.25) is 4.79 Å². The molecule has 1 aromatic heterocycles. The van der Waals surface area contributed by atoms with Crippen molar-refractivity contribution in [3.63, 3.8) is 0 Å². The lowest BCUT2D eigenvalue weighted by Gasteiger charge is -2.17. The zero-order chi connectivity index (χ0) is 14.8. The van der Waals surface area contributed by atoms with Crippen molar-refractivity contribution in [1.29, 1.82) is 0 Å². The number of anilines is 1. The minimum absolute atomic E-state index is 0.0518. The second kappa shape index (κ2) is 5.55. The molecule has 1 aliphatic rings. The summed E-state index contributed by atoms with van der Waals surface area (Å²) in [6.45, 7) is 1.45. The Morgan fingerprint density at radius 1 is 1.43 bits per heavy atom. The van der Waals surface area contributed by atoms with Crippen molar-refractivity contribution in [2.75, 3.05) is 12.8 Å². The van der Waals surface area contributed by atoms with E-state index in [9.17, 15) is 4.79 Å². The Morgan fingerprint density at radius 2 is 2.29 bits per heavy atom. The van der Waals surface area contributed by atoms with Crippen molar-refractivity contribution < 1.29 is 4.79 Å². The van der Waals surface area contributed by atoms with Crippen LogP contribution < -0.4 is 5.73 Å². The lowest BCUT2D eigenvalue weighted by molar-refractivity contribution is -0.129. The van der Waals surface area contributed by atoms with Crippen molar-refractivity contribution in [3.8, 4) is 0 Å². The predicted molar refractivity (Wildman–Crippen MR) is 79.4 cm³/mol. The predicted octanol–water partition coefficient (Wildman–Crippen LogP) is 1.01. The third kappa shape index (κ3) is 2.89. The first-order valence-corrected chi connectivity index (χ1v) is 7.13. The highest BCUT2D eigenvalue weighted by molar-refractivity contribution is 5.78. The molecule has 2 heterocycles. The molecule has 2 aromatic rings. The number of carbonyl (C=O) groups is 1. The number of hydrogen-bond acceptors (Lipinski definition) is 4. The summed E-state index contributed by atoms with van der Waals surface area (Å²) < 4.78 is 2.12. The van der Waals surface area contributed by atoms with Gasteiger partial charge in [-0.2, -0.15) is 0 Å². The number of aromatic nitrogens is 3. The minimum atomic E-state index is 0.0518. The van der Waals surface area contributed by atoms with Crippen LogP contribution in [-0.2, 0) is 30.7 Å². The molecule has 0 saturated heterocycles. The molecule has 0 aliphatic carbocycles. The van der Waals surface area contributed by atoms with Crippen molar-refractivity contribution in [3.05, 3.63) is 41.5 Å². The van der Waals surface area contributed by atoms with Crippen molar-refractivity contribution in [1.82, 2.24) is 19.7 Å². The van der Waals surface area contributed by atoms with Gasteiger partial charge >= 0.3 is 0 Å². The first-order valence-electron chi connectivity index (χ1n) is 7.13. The van der Waals surface area contributed by atoms with Gasteiger partial charge in [0.1, 0.15) is 5.82 Å². The topological polar surface area (TPSA) is 77.0 Å². The smallest absolute Gasteiger partial charge is 0.227 e. The summed E-state index contributed by atoms with van der Waals surface area (Å²) in [4.78, 5) is 14.0. The van der Waals surface area contributed by atoms with Gasteiger partial charge in [-0.1, -0.05) is 12.1 Å². The van der Waals surface area contributed by atoms with Crippen LogP contribution >= 0.6 is 0 Å². The second-order valence-corrected chi connectivity index (χ2v) is 5.46. The standard InChI is InChI=1S/C15H19N5O/c1-19(10-14-18-17-13-6-3-7-20(13)14)15(21)9-11-4-2-5-12(16)8-11/h2,4-5,8H,3,6-7,9-10,16H2,1H3. The van der Waals surface area contributed by atoms with Gasteiger partial charge in [-0.15, -0.1) is 10.2 Å². The Kier molecular flexibility index (Phi) is 3.60. The summed E-state index contributed by atoms with van der Waals surface area (Å²) in [6.07, 6.45) is 2.44. The van der Waals surface area contributed by atoms with E-state index in [2.05, 4.69) is 14.8 Å². The molecule has 110 valence electrons. The Labute approximate surface area is 123 Å². The Hall–Kier alpha value is -2.37. The molecule has 1 aliphatic heterocycles. The van der Waals surface area contributed by atoms with Gasteiger partial charge in [0, 0.05) is 25.7 Å². The molecule has 0 fully saturated rings. The molecule has 1 amide bonds. The number of aryl methyl sites for hydroxylation is 1. The van der Waals surface area contributed by atoms with Crippen LogP contribution in [0.25, 0.3) is 0 Å². The molecule has 21 heavy (non-hydrogen) atoms. The number of benzene rings is 1. The van der Waals surface area contributed by atoms with Crippen LogP contribution in [0.3, 0.4) is 0 Å². The molecule has 0 radical (unpaired) electrons. The fourth-order valence-electron chi connectivity index (χ4n) is 2.64. The Morgan fingerprint density at radius 3 is 3.10 bits per heavy atom. The van der Waals surface area contributed by atoms with Gasteiger partial charge in [0.05, 0.1) is 13.0 Å². The van der Waals surface area contributed by atoms with E-state index in [1.165, 1.54) is 0 Å². The summed E-state index contributed by atoms with van der Waals surface area (Å²) in [5.41, 5.74) is 7.34. The van der Waals surface area contributed by atoms with Gasteiger partial charge in [-0.25, -0.2) is 0 Å². The van der Waals surface area contributed by atoms with Gasteiger partial charge < -0.3 is 15.2 Å². The molecule has 6 heteroatoms. The molecule has 1 aromatic carbocycles. The monoisotopic (exact) mass is 285 g/mol. The first-order chi connectivity index (χ1) is 10.1. The highest BCUT2D eigenvalue weighted by Gasteiger charge is 2.19. The number of hydrogen-bond donors (Lipinski definition) is 1. The van der Waals surface area contributed by atoms with Crippen LogP contribution in [0.2, 0.25) is 0 Å². The van der Waals surface area contributed by atoms with Gasteiger partial charge in [0.15, 0.2) is 5.82 Å². The molecule has 6 nitrogen and oxygen atoms in total. The van der Waals surface area contributed by atoms with Crippen molar-refractivity contribution >= 4 is 11.6 Å². The molecular weight excluding hydrogens is 266 g/mol. The van der Waals surface area contributed by atoms with E-state index in [1.54, 1.807) is 11.9 Å². The molecule has 0 saturated carbocycles. The fraction of sp³-hybridized carbons (Fsp3) is 0.400. The number of likely N-dealkylation sites (N-methyl/N-ethyl adjacent to an activating group) is 1. The number of nitrogens with two attached hydrogens (primary N) is 1. The van der Waals surface area contributed by atoms with Gasteiger partial charge in [0.2, 0.25) is 5.91 Å². The summed E-state index contributed by atoms with van der Waals surface area (Å²) in [5, 5.41) is 8.34. The van der Waals surface area contributed by atoms with Crippen LogP contribution in [0.15, 0.2) is 24.3 Å². The molecule has 3 rings (SSSR count). The quantitative estimate of drug-likeness (QED) is 0.850. The summed E-state index contributed by atoms with van der Waals surface area (Å²) in [7, 11) is 1.80. The highest BCUT2D eigenvalue weighted by atomic mass is 16.2. The molecular formula is C15H19N5O. The third-order valence-electron chi connectivity index (χ3n) is 3.80. The van der Waals surface area contributed by atoms with E-state index in [4.69, 9.17) is 5.73 Å². The zero-order valence-electron chi connectivity index (χ0n) is 12.1. The number of rotatable bonds is 4. The third-order valence-corrected chi connectivity index (χ3v) is 3.80. The van der Waals surface area contributed by atoms with Crippen LogP contribution in [-0.4, -0.2) is 32.6 Å². The Balaban J connectivity index is 1.64. The SMILES string of the molecule is CN(Cc1nnc2n1CCC2)C(=O)Cc1cccc(N)c1. The number of carbonyl (C=O) groups excluding carboxylic acids is 1. The Bertz CT molecular complexity index is 664. The molecule has 2 N–H and O–H groups in total. The lowest BCUT2D eigenvalue weighted by Crippen LogP contribution is -2.29. The maximum atomic E-state index is 12.3. The van der Waals surface area contributed by atoms with E-state index in [0.29, 0.717) is 18.7 Å². The van der Waals surface area contributed by atoms with Crippen LogP contribution in [0.4, 0.5) is 5.69 Å². The minimum Gasteiger partial charge on any atom is -0.399 e. The first kappa shape index (κ1) is 13.6. The van der Waals surface area contributed by atoms with E-state index in [-0.39, 0.29) is 5.91 Å². The average Bonchev–Trinajstić information content (AvgIpc) is 3.03. The number of nitrogens with zero attached hydrogens (tertiary/aromatic N) is 4. The summed E-state index contributed by atoms with van der Waals surface area (Å²) >= 11 is 0. The number of amides is 1. The van der Waals surface area contributed by atoms with Crippen LogP contribution in [0, 0.1) is 0 Å². The maximum Gasteiger partial charge on any atom is 0.227 e. The molecule has 0 unspecified atom stereocenters. The van der Waals surface area contributed by atoms with E-state index < -0.39 is 0 Å². The van der Waals surface area contributed by atoms with E-state index >= 15 is 0 Å². The van der Waals surface area contributed by atoms with Crippen molar-refractivity contribution in [2.45, 2.75) is 32.4 Å². The van der Waals surface area contributed by atoms with Gasteiger partial charge in [-0.05, 0) is 24.1 Å².